The lowest BCUT2D eigenvalue weighted by Crippen LogP contribution is -2.61. The van der Waals surface area contributed by atoms with Crippen LogP contribution in [0.5, 0.6) is 0 Å². The minimum atomic E-state index is -0.501. The lowest BCUT2D eigenvalue weighted by atomic mass is 9.54. The molecular weight excluding hydrogens is 348 g/mol. The maximum Gasteiger partial charge on any atom is 0.415 e. The third kappa shape index (κ3) is 2.18. The smallest absolute Gasteiger partial charge is 0.415 e. The lowest BCUT2D eigenvalue weighted by molar-refractivity contribution is -0.467. The van der Waals surface area contributed by atoms with Crippen LogP contribution in [0.1, 0.15) is 65.4 Å². The van der Waals surface area contributed by atoms with Gasteiger partial charge in [-0.05, 0) is 58.1 Å². The fourth-order valence-corrected chi connectivity index (χ4v) is 6.38. The number of amides is 1. The number of carbonyl (C=O) groups is 1. The van der Waals surface area contributed by atoms with Crippen LogP contribution in [-0.2, 0) is 10.2 Å². The summed E-state index contributed by atoms with van der Waals surface area (Å²) in [6, 6.07) is 8.59. The molecule has 0 aromatic heterocycles. The second-order valence-electron chi connectivity index (χ2n) is 9.89. The molecule has 3 aliphatic heterocycles. The summed E-state index contributed by atoms with van der Waals surface area (Å²) in [7, 11) is 0. The topological polar surface area (TPSA) is 32.5 Å². The molecule has 1 fully saturated rings. The zero-order valence-electron chi connectivity index (χ0n) is 17.5. The fourth-order valence-electron chi connectivity index (χ4n) is 6.38. The second-order valence-corrected chi connectivity index (χ2v) is 9.89. The zero-order valence-corrected chi connectivity index (χ0v) is 17.5. The average Bonchev–Trinajstić information content (AvgIpc) is 3.18. The van der Waals surface area contributed by atoms with Crippen molar-refractivity contribution in [2.45, 2.75) is 76.9 Å². The molecule has 1 saturated carbocycles. The van der Waals surface area contributed by atoms with Gasteiger partial charge in [0.1, 0.15) is 17.6 Å². The number of benzene rings is 1. The zero-order chi connectivity index (χ0) is 19.7. The summed E-state index contributed by atoms with van der Waals surface area (Å²) in [5.41, 5.74) is 3.41. The maximum absolute atomic E-state index is 13.3. The molecule has 0 unspecified atom stereocenters. The van der Waals surface area contributed by atoms with Gasteiger partial charge in [-0.1, -0.05) is 25.1 Å². The van der Waals surface area contributed by atoms with Gasteiger partial charge in [0.2, 0.25) is 0 Å². The van der Waals surface area contributed by atoms with Crippen LogP contribution in [0.4, 0.5) is 10.5 Å². The Morgan fingerprint density at radius 2 is 2.07 bits per heavy atom. The van der Waals surface area contributed by atoms with Crippen molar-refractivity contribution < 1.29 is 14.1 Å². The number of hydrogen-bond donors (Lipinski definition) is 0. The van der Waals surface area contributed by atoms with Gasteiger partial charge < -0.3 is 4.74 Å². The van der Waals surface area contributed by atoms with Gasteiger partial charge in [0.15, 0.2) is 11.9 Å². The summed E-state index contributed by atoms with van der Waals surface area (Å²) in [5, 5.41) is 0. The Labute approximate surface area is 167 Å². The molecular formula is C24H31N2O2+. The van der Waals surface area contributed by atoms with Gasteiger partial charge in [-0.25, -0.2) is 9.37 Å². The molecule has 4 aliphatic rings. The maximum atomic E-state index is 13.3. The van der Waals surface area contributed by atoms with Gasteiger partial charge in [-0.2, -0.15) is 0 Å². The summed E-state index contributed by atoms with van der Waals surface area (Å²) in [6.45, 7) is 9.27. The van der Waals surface area contributed by atoms with E-state index in [9.17, 15) is 4.79 Å². The first-order valence-electron chi connectivity index (χ1n) is 10.8. The van der Waals surface area contributed by atoms with Gasteiger partial charge in [0.05, 0.1) is 17.1 Å². The van der Waals surface area contributed by atoms with E-state index < -0.39 is 5.60 Å². The molecule has 4 nitrogen and oxygen atoms in total. The molecule has 1 aromatic carbocycles. The number of rotatable bonds is 1. The van der Waals surface area contributed by atoms with Crippen LogP contribution in [0.25, 0.3) is 0 Å². The SMILES string of the molecule is CC[C@]12CCC[N+]3=C1[C@@]1(C=C3)c3ccccc3N(C(=O)OC(C)(C)C)[C@@H]1CC2. The van der Waals surface area contributed by atoms with E-state index in [-0.39, 0.29) is 23.0 Å². The monoisotopic (exact) mass is 379 g/mol. The number of carbonyl (C=O) groups excluding carboxylic acids is 1. The van der Waals surface area contributed by atoms with Crippen molar-refractivity contribution in [2.75, 3.05) is 11.4 Å². The van der Waals surface area contributed by atoms with Crippen molar-refractivity contribution >= 4 is 17.5 Å². The van der Waals surface area contributed by atoms with Crippen LogP contribution in [0.3, 0.4) is 0 Å². The van der Waals surface area contributed by atoms with Crippen molar-refractivity contribution in [3.05, 3.63) is 42.1 Å². The summed E-state index contributed by atoms with van der Waals surface area (Å²) in [5.74, 6) is 0. The Balaban J connectivity index is 1.70. The van der Waals surface area contributed by atoms with E-state index >= 15 is 0 Å². The Morgan fingerprint density at radius 1 is 1.29 bits per heavy atom. The standard InChI is InChI=1S/C24H31N2O2/c1-5-23-12-8-15-25-16-14-24(20(23)25)17-9-6-7-10-18(17)26(19(24)11-13-23)21(27)28-22(2,3)4/h6-7,9-10,14,16,19H,5,8,11-13,15H2,1-4H3/q+1/t19-,23-,24+/m1/s1. The molecule has 3 heterocycles. The first kappa shape index (κ1) is 18.0. The molecule has 5 rings (SSSR count). The Morgan fingerprint density at radius 3 is 2.82 bits per heavy atom. The van der Waals surface area contributed by atoms with E-state index in [4.69, 9.17) is 4.74 Å². The molecule has 3 atom stereocenters. The summed E-state index contributed by atoms with van der Waals surface area (Å²) >= 11 is 0. The highest BCUT2D eigenvalue weighted by molar-refractivity contribution is 6.08. The molecule has 0 bridgehead atoms. The highest BCUT2D eigenvalue weighted by atomic mass is 16.6. The molecule has 28 heavy (non-hydrogen) atoms. The first-order valence-corrected chi connectivity index (χ1v) is 10.8. The van der Waals surface area contributed by atoms with Crippen LogP contribution >= 0.6 is 0 Å². The van der Waals surface area contributed by atoms with Crippen molar-refractivity contribution in [2.24, 2.45) is 5.41 Å². The largest absolute Gasteiger partial charge is 0.443 e. The highest BCUT2D eigenvalue weighted by Gasteiger charge is 2.68. The van der Waals surface area contributed by atoms with Crippen LogP contribution < -0.4 is 4.90 Å². The molecule has 148 valence electrons. The van der Waals surface area contributed by atoms with Crippen LogP contribution in [0, 0.1) is 5.41 Å². The number of hydrogen-bond acceptors (Lipinski definition) is 2. The predicted molar refractivity (Wildman–Crippen MR) is 111 cm³/mol. The number of fused-ring (bicyclic) bond motifs is 1. The van der Waals surface area contributed by atoms with Gasteiger partial charge >= 0.3 is 6.09 Å². The molecule has 0 saturated heterocycles. The predicted octanol–water partition coefficient (Wildman–Crippen LogP) is 5.01. The van der Waals surface area contributed by atoms with Crippen molar-refractivity contribution in [3.8, 4) is 0 Å². The van der Waals surface area contributed by atoms with Gasteiger partial charge in [-0.15, -0.1) is 0 Å². The van der Waals surface area contributed by atoms with E-state index in [1.807, 2.05) is 31.7 Å². The molecule has 1 spiro atoms. The highest BCUT2D eigenvalue weighted by Crippen LogP contribution is 2.60. The van der Waals surface area contributed by atoms with Crippen LogP contribution in [0.15, 0.2) is 36.5 Å². The quantitative estimate of drug-likeness (QED) is 0.642. The van der Waals surface area contributed by atoms with E-state index in [0.29, 0.717) is 0 Å². The molecule has 0 radical (unpaired) electrons. The number of anilines is 1. The van der Waals surface area contributed by atoms with Crippen molar-refractivity contribution in [1.82, 2.24) is 0 Å². The van der Waals surface area contributed by atoms with Gasteiger partial charge in [-0.3, -0.25) is 4.90 Å². The number of para-hydroxylation sites is 1. The molecule has 1 aliphatic carbocycles. The van der Waals surface area contributed by atoms with Crippen molar-refractivity contribution in [3.63, 3.8) is 0 Å². The lowest BCUT2D eigenvalue weighted by Gasteiger charge is -2.47. The van der Waals surface area contributed by atoms with Gasteiger partial charge in [0, 0.05) is 12.5 Å². The Kier molecular flexibility index (Phi) is 3.66. The van der Waals surface area contributed by atoms with Gasteiger partial charge in [0.25, 0.3) is 0 Å². The van der Waals surface area contributed by atoms with E-state index in [2.05, 4.69) is 42.0 Å². The minimum absolute atomic E-state index is 0.105. The second kappa shape index (κ2) is 5.71. The molecule has 1 amide bonds. The first-order chi connectivity index (χ1) is 13.3. The third-order valence-corrected chi connectivity index (χ3v) is 7.36. The van der Waals surface area contributed by atoms with E-state index in [0.717, 1.165) is 25.1 Å². The number of ether oxygens (including phenoxy) is 1. The number of nitrogens with zero attached hydrogens (tertiary/aromatic N) is 2. The Hall–Kier alpha value is -2.10. The average molecular weight is 380 g/mol. The molecule has 0 N–H and O–H groups in total. The Bertz CT molecular complexity index is 909. The van der Waals surface area contributed by atoms with Crippen molar-refractivity contribution in [1.29, 1.82) is 0 Å². The minimum Gasteiger partial charge on any atom is -0.443 e. The molecule has 4 heteroatoms. The normalized spacial score (nSPS) is 32.9. The summed E-state index contributed by atoms with van der Waals surface area (Å²) < 4.78 is 8.37. The summed E-state index contributed by atoms with van der Waals surface area (Å²) in [6.07, 6.45) is 10.3. The molecule has 1 aromatic rings. The fraction of sp³-hybridized carbons (Fsp3) is 0.583. The third-order valence-electron chi connectivity index (χ3n) is 7.36. The summed E-state index contributed by atoms with van der Waals surface area (Å²) in [4.78, 5) is 15.3. The van der Waals surface area contributed by atoms with Crippen LogP contribution in [0.2, 0.25) is 0 Å². The van der Waals surface area contributed by atoms with E-state index in [1.165, 1.54) is 24.8 Å². The van der Waals surface area contributed by atoms with E-state index in [1.54, 1.807) is 5.71 Å². The van der Waals surface area contributed by atoms with Crippen LogP contribution in [-0.4, -0.2) is 34.6 Å².